The Morgan fingerprint density at radius 3 is 2.00 bits per heavy atom. The van der Waals surface area contributed by atoms with E-state index in [4.69, 9.17) is 13.8 Å². The van der Waals surface area contributed by atoms with Crippen LogP contribution in [-0.2, 0) is 16.2 Å². The molecule has 0 spiro atoms. The van der Waals surface area contributed by atoms with Crippen molar-refractivity contribution in [3.8, 4) is 73.2 Å². The Morgan fingerprint density at radius 1 is 0.634 bits per heavy atom. The van der Waals surface area contributed by atoms with Crippen LogP contribution >= 0.6 is 0 Å². The molecular weight excluding hydrogens is 865 g/mol. The summed E-state index contributed by atoms with van der Waals surface area (Å²) >= 11 is 0. The second kappa shape index (κ2) is 15.7. The molecular formula is C66H56N4O. The maximum absolute atomic E-state index is 9.89. The van der Waals surface area contributed by atoms with Crippen molar-refractivity contribution in [1.29, 1.82) is 0 Å². The zero-order valence-electron chi connectivity index (χ0n) is 59.7. The van der Waals surface area contributed by atoms with Gasteiger partial charge >= 0.3 is 0 Å². The molecule has 4 heterocycles. The predicted molar refractivity (Wildman–Crippen MR) is 292 cm³/mol. The molecule has 0 unspecified atom stereocenters. The number of pyridine rings is 1. The van der Waals surface area contributed by atoms with Gasteiger partial charge in [0.25, 0.3) is 6.33 Å². The van der Waals surface area contributed by atoms with Crippen molar-refractivity contribution < 1.29 is 38.1 Å². The molecule has 0 radical (unpaired) electrons. The van der Waals surface area contributed by atoms with Gasteiger partial charge in [0.15, 0.2) is 0 Å². The number of fused-ring (bicyclic) bond motifs is 12. The minimum atomic E-state index is -4.42. The fraction of sp³-hybridized carbons (Fsp3) is 0.182. The summed E-state index contributed by atoms with van der Waals surface area (Å²) in [6.07, 6.45) is -3.75. The van der Waals surface area contributed by atoms with Crippen molar-refractivity contribution in [2.75, 3.05) is 0 Å². The zero-order valence-corrected chi connectivity index (χ0v) is 38.7. The number of hydrogen-bond acceptors (Lipinski definition) is 2. The maximum Gasteiger partial charge on any atom is 0.269 e. The lowest BCUT2D eigenvalue weighted by Gasteiger charge is -2.43. The molecule has 5 heteroatoms. The van der Waals surface area contributed by atoms with Crippen LogP contribution in [0.2, 0.25) is 0 Å². The third-order valence-electron chi connectivity index (χ3n) is 13.7. The molecule has 0 bridgehead atoms. The van der Waals surface area contributed by atoms with Crippen molar-refractivity contribution in [1.82, 2.24) is 14.1 Å². The fourth-order valence-electron chi connectivity index (χ4n) is 10.5. The summed E-state index contributed by atoms with van der Waals surface area (Å²) in [6.45, 7) is -10.7. The van der Waals surface area contributed by atoms with Crippen LogP contribution in [-0.4, -0.2) is 14.1 Å². The normalized spacial score (nSPS) is 21.0. The highest BCUT2D eigenvalue weighted by atomic mass is 16.5. The first-order valence-corrected chi connectivity index (χ1v) is 23.2. The van der Waals surface area contributed by atoms with Crippen molar-refractivity contribution in [3.63, 3.8) is 0 Å². The Bertz CT molecular complexity index is 4870. The van der Waals surface area contributed by atoms with Crippen molar-refractivity contribution >= 4 is 32.8 Å². The van der Waals surface area contributed by atoms with Crippen LogP contribution in [0.1, 0.15) is 106 Å². The summed E-state index contributed by atoms with van der Waals surface area (Å²) in [5, 5.41) is -0.361. The van der Waals surface area contributed by atoms with Gasteiger partial charge in [0.05, 0.1) is 40.3 Å². The highest BCUT2D eigenvalue weighted by Crippen LogP contribution is 2.55. The highest BCUT2D eigenvalue weighted by Gasteiger charge is 2.42. The van der Waals surface area contributed by atoms with E-state index in [1.807, 2.05) is 93.6 Å². The molecule has 0 atom stereocenters. The summed E-state index contributed by atoms with van der Waals surface area (Å²) in [4.78, 5) is 4.74. The smallest absolute Gasteiger partial charge is 0.269 e. The minimum Gasteiger partial charge on any atom is -0.457 e. The maximum atomic E-state index is 9.89. The molecule has 1 aliphatic heterocycles. The first-order valence-electron chi connectivity index (χ1n) is 33.7. The van der Waals surface area contributed by atoms with Crippen molar-refractivity contribution in [3.05, 3.63) is 211 Å². The third kappa shape index (κ3) is 6.73. The fourth-order valence-corrected chi connectivity index (χ4v) is 10.5. The van der Waals surface area contributed by atoms with Gasteiger partial charge in [0.2, 0.25) is 0 Å². The lowest BCUT2D eigenvalue weighted by atomic mass is 9.62. The van der Waals surface area contributed by atoms with E-state index >= 15 is 0 Å². The Hall–Kier alpha value is -8.02. The molecule has 71 heavy (non-hydrogen) atoms. The largest absolute Gasteiger partial charge is 0.457 e. The van der Waals surface area contributed by atoms with Crippen LogP contribution in [0.25, 0.3) is 94.5 Å². The number of aromatic nitrogens is 4. The molecule has 8 aromatic carbocycles. The average molecular weight is 942 g/mol. The predicted octanol–water partition coefficient (Wildman–Crippen LogP) is 16.6. The monoisotopic (exact) mass is 942 g/mol. The first-order chi connectivity index (χ1) is 43.0. The van der Waals surface area contributed by atoms with Crippen LogP contribution in [0, 0.1) is 6.33 Å². The van der Waals surface area contributed by atoms with E-state index in [1.165, 1.54) is 47.2 Å². The minimum absolute atomic E-state index is 0.0288. The number of benzene rings is 8. The molecule has 0 saturated carbocycles. The Labute approximate surface area is 445 Å². The van der Waals surface area contributed by atoms with E-state index < -0.39 is 109 Å². The SMILES string of the molecule is [2H]c1c([2H])c([2H])c(-c2cccc3c2-[n+]2[c-]n(-c4cccc(Oc5cc6c(c7c5C(C([2H])([2H])[2H])(C([2H])([2H])[2H])C([2H])([2H])C([2H])([2H])C7(C([2H])([2H])[2H])C([2H])([2H])[2H])c5ccccc5n6-c5cc(C(C)(C)C)ccn5)c4)c4cccc(c42)-c2ccccc2-c2ccccc2-3)c([2H])c1[2H]. The lowest BCUT2D eigenvalue weighted by molar-refractivity contribution is -0.570. The van der Waals surface area contributed by atoms with Crippen LogP contribution in [0.4, 0.5) is 0 Å². The van der Waals surface area contributed by atoms with Gasteiger partial charge in [-0.25, -0.2) is 4.98 Å². The molecule has 0 N–H and O–H groups in total. The van der Waals surface area contributed by atoms with Gasteiger partial charge in [-0.05, 0) is 121 Å². The van der Waals surface area contributed by atoms with E-state index in [0.29, 0.717) is 27.8 Å². The van der Waals surface area contributed by atoms with Crippen LogP contribution in [0.3, 0.4) is 0 Å². The van der Waals surface area contributed by atoms with Gasteiger partial charge in [0.1, 0.15) is 17.3 Å². The van der Waals surface area contributed by atoms with Gasteiger partial charge in [-0.2, -0.15) is 0 Å². The molecule has 1 aliphatic carbocycles. The molecule has 0 amide bonds. The number of para-hydroxylation sites is 3. The number of ether oxygens (including phenoxy) is 1. The lowest BCUT2D eigenvalue weighted by Crippen LogP contribution is -2.34. The molecule has 346 valence electrons. The van der Waals surface area contributed by atoms with Gasteiger partial charge in [-0.1, -0.05) is 188 Å². The molecule has 3 aromatic heterocycles. The third-order valence-corrected chi connectivity index (χ3v) is 13.7. The van der Waals surface area contributed by atoms with Crippen LogP contribution in [0.5, 0.6) is 11.5 Å². The van der Waals surface area contributed by atoms with Gasteiger partial charge in [-0.3, -0.25) is 13.7 Å². The van der Waals surface area contributed by atoms with E-state index in [0.717, 1.165) is 27.8 Å². The Morgan fingerprint density at radius 2 is 1.25 bits per heavy atom. The van der Waals surface area contributed by atoms with Gasteiger partial charge in [0, 0.05) is 50.5 Å². The standard InChI is InChI=1S/C66H56N4O/c1-64(2,3)43-34-37-67-58(38-43)70-54-32-16-15-28-53(54)59-56(70)40-57(60-61(59)66(6,7)36-35-65(60,4)5)71-45-23-17-22-44(39-45)68-41-69-62-46(42-20-9-8-10-21-42)29-18-30-51(62)49-26-13-11-24-47(49)48-25-12-14-27-50(48)52-31-19-33-55(68)63(52)69/h8-34,37-40H,35-36H2,1-7H3/i4D3,5D3,6D3,7D3,8D,9D,10D,20D,21D,35D2,36D2. The van der Waals surface area contributed by atoms with E-state index in [1.54, 1.807) is 51.6 Å². The topological polar surface area (TPSA) is 35.9 Å². The number of hydrogen-bond donors (Lipinski definition) is 0. The summed E-state index contributed by atoms with van der Waals surface area (Å²) in [6, 6.07) is 40.8. The summed E-state index contributed by atoms with van der Waals surface area (Å²) < 4.78 is 208. The first kappa shape index (κ1) is 26.3. The molecule has 0 fully saturated rings. The Kier molecular flexibility index (Phi) is 5.82. The number of nitrogens with zero attached hydrogens (tertiary/aromatic N) is 4. The Balaban J connectivity index is 1.16. The summed E-state index contributed by atoms with van der Waals surface area (Å²) in [5.74, 6) is -0.856. The number of imidazole rings is 1. The second-order valence-corrected chi connectivity index (χ2v) is 19.1. The van der Waals surface area contributed by atoms with E-state index in [2.05, 4.69) is 6.33 Å². The molecule has 2 aliphatic rings. The van der Waals surface area contributed by atoms with Gasteiger partial charge in [-0.15, -0.1) is 0 Å². The van der Waals surface area contributed by atoms with Crippen molar-refractivity contribution in [2.24, 2.45) is 0 Å². The molecule has 0 saturated heterocycles. The summed E-state index contributed by atoms with van der Waals surface area (Å²) in [5.41, 5.74) is -3.88. The average Bonchev–Trinajstić information content (AvgIpc) is 0.830. The van der Waals surface area contributed by atoms with Crippen LogP contribution < -0.4 is 9.30 Å². The van der Waals surface area contributed by atoms with E-state index in [-0.39, 0.29) is 44.8 Å². The van der Waals surface area contributed by atoms with E-state index in [9.17, 15) is 24.7 Å². The quantitative estimate of drug-likeness (QED) is 0.127. The highest BCUT2D eigenvalue weighted by molar-refractivity contribution is 6.12. The van der Waals surface area contributed by atoms with Crippen LogP contribution in [0.15, 0.2) is 188 Å². The second-order valence-electron chi connectivity index (χ2n) is 19.1. The zero-order chi connectivity index (χ0) is 66.3. The molecule has 5 nitrogen and oxygen atoms in total. The van der Waals surface area contributed by atoms with Gasteiger partial charge < -0.3 is 4.74 Å². The molecule has 13 rings (SSSR count). The van der Waals surface area contributed by atoms with Crippen molar-refractivity contribution in [2.45, 2.75) is 77.2 Å². The molecule has 11 aromatic rings. The summed E-state index contributed by atoms with van der Waals surface area (Å²) in [7, 11) is 0. The number of rotatable bonds is 5.